The van der Waals surface area contributed by atoms with E-state index in [9.17, 15) is 28.1 Å². The van der Waals surface area contributed by atoms with Crippen LogP contribution in [0, 0.1) is 10.1 Å². The van der Waals surface area contributed by atoms with Crippen molar-refractivity contribution in [2.75, 3.05) is 29.5 Å². The molecule has 1 aromatic carbocycles. The summed E-state index contributed by atoms with van der Waals surface area (Å²) in [7, 11) is -2.66. The van der Waals surface area contributed by atoms with E-state index in [1.807, 2.05) is 0 Å². The lowest BCUT2D eigenvalue weighted by Gasteiger charge is -2.21. The second-order valence-corrected chi connectivity index (χ2v) is 10.0. The van der Waals surface area contributed by atoms with Gasteiger partial charge in [0.05, 0.1) is 29.5 Å². The lowest BCUT2D eigenvalue weighted by molar-refractivity contribution is -0.384. The first kappa shape index (κ1) is 22.7. The van der Waals surface area contributed by atoms with Crippen molar-refractivity contribution in [3.63, 3.8) is 0 Å². The molecule has 1 aromatic heterocycles. The van der Waals surface area contributed by atoms with Gasteiger partial charge >= 0.3 is 5.97 Å². The molecule has 0 aliphatic heterocycles. The van der Waals surface area contributed by atoms with E-state index < -0.39 is 33.4 Å². The topological polar surface area (TPSA) is 136 Å². The number of carbonyl (C=O) groups is 2. The molecule has 0 radical (unpaired) electrons. The highest BCUT2D eigenvalue weighted by Crippen LogP contribution is 2.38. The third kappa shape index (κ3) is 5.02. The predicted octanol–water partition coefficient (Wildman–Crippen LogP) is 2.73. The van der Waals surface area contributed by atoms with Gasteiger partial charge in [0.1, 0.15) is 11.5 Å². The number of sulfonamides is 1. The molecule has 1 amide bonds. The summed E-state index contributed by atoms with van der Waals surface area (Å²) in [6, 6.07) is 5.01. The molecule has 31 heavy (non-hydrogen) atoms. The van der Waals surface area contributed by atoms with E-state index in [4.69, 9.17) is 4.74 Å². The van der Waals surface area contributed by atoms with Crippen LogP contribution in [0.1, 0.15) is 33.6 Å². The number of non-ortho nitro benzene ring substituents is 1. The van der Waals surface area contributed by atoms with Crippen molar-refractivity contribution in [2.24, 2.45) is 0 Å². The smallest absolute Gasteiger partial charge is 0.341 e. The van der Waals surface area contributed by atoms with Crippen LogP contribution in [-0.2, 0) is 32.4 Å². The lowest BCUT2D eigenvalue weighted by atomic mass is 9.95. The summed E-state index contributed by atoms with van der Waals surface area (Å²) in [4.78, 5) is 36.4. The average molecular weight is 468 g/mol. The van der Waals surface area contributed by atoms with Crippen molar-refractivity contribution in [2.45, 2.75) is 25.7 Å². The summed E-state index contributed by atoms with van der Waals surface area (Å²) < 4.78 is 30.2. The van der Waals surface area contributed by atoms with Crippen LogP contribution < -0.4 is 9.62 Å². The Kier molecular flexibility index (Phi) is 6.60. The van der Waals surface area contributed by atoms with Crippen molar-refractivity contribution in [3.8, 4) is 0 Å². The van der Waals surface area contributed by atoms with Crippen LogP contribution in [-0.4, -0.2) is 45.1 Å². The number of nitrogens with zero attached hydrogens (tertiary/aromatic N) is 2. The number of hydrogen-bond acceptors (Lipinski definition) is 8. The number of fused-ring (bicyclic) bond motifs is 1. The van der Waals surface area contributed by atoms with Gasteiger partial charge in [0, 0.05) is 17.0 Å². The quantitative estimate of drug-likeness (QED) is 0.376. The summed E-state index contributed by atoms with van der Waals surface area (Å²) in [5.41, 5.74) is 0.852. The Balaban J connectivity index is 1.89. The van der Waals surface area contributed by atoms with Crippen molar-refractivity contribution >= 4 is 49.6 Å². The van der Waals surface area contributed by atoms with Crippen molar-refractivity contribution < 1.29 is 27.7 Å². The van der Waals surface area contributed by atoms with Gasteiger partial charge in [-0.05, 0) is 37.3 Å². The molecular formula is C19H21N3O7S2. The number of carbonyl (C=O) groups excluding carboxylic acids is 2. The number of nitro benzene ring substituents is 1. The second-order valence-electron chi connectivity index (χ2n) is 7.00. The summed E-state index contributed by atoms with van der Waals surface area (Å²) in [6.07, 6.45) is 4.31. The highest BCUT2D eigenvalue weighted by Gasteiger charge is 2.28. The number of aryl methyl sites for hydroxylation is 1. The van der Waals surface area contributed by atoms with Gasteiger partial charge in [-0.15, -0.1) is 11.3 Å². The van der Waals surface area contributed by atoms with Gasteiger partial charge < -0.3 is 10.1 Å². The third-order valence-electron chi connectivity index (χ3n) is 4.83. The Morgan fingerprint density at radius 3 is 2.65 bits per heavy atom. The normalized spacial score (nSPS) is 13.2. The van der Waals surface area contributed by atoms with Crippen LogP contribution in [0.2, 0.25) is 0 Å². The SMILES string of the molecule is COC(=O)c1c(NC(=O)CN(c2cccc([N+](=O)[O-])c2)S(C)(=O)=O)sc2c1CCCC2. The minimum atomic E-state index is -3.92. The zero-order valence-corrected chi connectivity index (χ0v) is 18.5. The summed E-state index contributed by atoms with van der Waals surface area (Å²) >= 11 is 1.28. The van der Waals surface area contributed by atoms with E-state index in [1.165, 1.54) is 36.6 Å². The van der Waals surface area contributed by atoms with Crippen LogP contribution >= 0.6 is 11.3 Å². The fourth-order valence-electron chi connectivity index (χ4n) is 3.43. The molecule has 0 unspecified atom stereocenters. The van der Waals surface area contributed by atoms with Crippen molar-refractivity contribution in [1.29, 1.82) is 0 Å². The summed E-state index contributed by atoms with van der Waals surface area (Å²) in [5.74, 6) is -1.24. The Labute approximate surface area is 183 Å². The second kappa shape index (κ2) is 9.02. The predicted molar refractivity (Wildman–Crippen MR) is 116 cm³/mol. The molecule has 12 heteroatoms. The molecule has 1 aliphatic carbocycles. The Hall–Kier alpha value is -2.99. The number of amides is 1. The van der Waals surface area contributed by atoms with Gasteiger partial charge in [-0.1, -0.05) is 6.07 Å². The molecule has 1 N–H and O–H groups in total. The van der Waals surface area contributed by atoms with Crippen LogP contribution in [0.25, 0.3) is 0 Å². The van der Waals surface area contributed by atoms with Gasteiger partial charge in [-0.2, -0.15) is 0 Å². The molecule has 3 rings (SSSR count). The Bertz CT molecular complexity index is 1140. The minimum absolute atomic E-state index is 0.00878. The fraction of sp³-hybridized carbons (Fsp3) is 0.368. The standard InChI is InChI=1S/C19H21N3O7S2/c1-29-19(24)17-14-8-3-4-9-15(14)30-18(17)20-16(23)11-21(31(2,27)28)12-6-5-7-13(10-12)22(25)26/h5-7,10H,3-4,8-9,11H2,1-2H3,(H,20,23). The number of nitrogens with one attached hydrogen (secondary N) is 1. The van der Waals surface area contributed by atoms with Gasteiger partial charge in [0.2, 0.25) is 15.9 Å². The molecule has 0 saturated heterocycles. The molecule has 1 heterocycles. The fourth-order valence-corrected chi connectivity index (χ4v) is 5.57. The molecule has 0 bridgehead atoms. The van der Waals surface area contributed by atoms with Crippen LogP contribution in [0.15, 0.2) is 24.3 Å². The minimum Gasteiger partial charge on any atom is -0.465 e. The van der Waals surface area contributed by atoms with Crippen LogP contribution in [0.3, 0.4) is 0 Å². The molecule has 1 aliphatic rings. The Morgan fingerprint density at radius 1 is 1.29 bits per heavy atom. The number of nitro groups is 1. The maximum Gasteiger partial charge on any atom is 0.341 e. The first-order valence-corrected chi connectivity index (χ1v) is 12.0. The summed E-state index contributed by atoms with van der Waals surface area (Å²) in [6.45, 7) is -0.608. The molecule has 2 aromatic rings. The maximum absolute atomic E-state index is 12.7. The zero-order valence-electron chi connectivity index (χ0n) is 16.9. The summed E-state index contributed by atoms with van der Waals surface area (Å²) in [5, 5.41) is 14.0. The van der Waals surface area contributed by atoms with Gasteiger partial charge in [-0.3, -0.25) is 19.2 Å². The van der Waals surface area contributed by atoms with E-state index in [-0.39, 0.29) is 11.4 Å². The first-order valence-electron chi connectivity index (χ1n) is 9.36. The van der Waals surface area contributed by atoms with E-state index in [0.29, 0.717) is 17.0 Å². The number of ether oxygens (including phenoxy) is 1. The third-order valence-corrected chi connectivity index (χ3v) is 7.18. The Morgan fingerprint density at radius 2 is 2.00 bits per heavy atom. The van der Waals surface area contributed by atoms with Gasteiger partial charge in [0.25, 0.3) is 5.69 Å². The maximum atomic E-state index is 12.7. The van der Waals surface area contributed by atoms with E-state index in [2.05, 4.69) is 5.32 Å². The molecule has 0 fully saturated rings. The van der Waals surface area contributed by atoms with Crippen molar-refractivity contribution in [3.05, 3.63) is 50.4 Å². The van der Waals surface area contributed by atoms with Gasteiger partial charge in [0.15, 0.2) is 0 Å². The molecule has 10 nitrogen and oxygen atoms in total. The van der Waals surface area contributed by atoms with E-state index in [0.717, 1.165) is 46.3 Å². The number of anilines is 2. The number of thiophene rings is 1. The van der Waals surface area contributed by atoms with E-state index in [1.54, 1.807) is 0 Å². The highest BCUT2D eigenvalue weighted by molar-refractivity contribution is 7.92. The zero-order chi connectivity index (χ0) is 22.8. The number of esters is 1. The monoisotopic (exact) mass is 467 g/mol. The lowest BCUT2D eigenvalue weighted by Crippen LogP contribution is -2.37. The molecule has 0 spiro atoms. The number of methoxy groups -OCH3 is 1. The van der Waals surface area contributed by atoms with E-state index >= 15 is 0 Å². The highest BCUT2D eigenvalue weighted by atomic mass is 32.2. The first-order chi connectivity index (χ1) is 14.6. The number of benzene rings is 1. The molecule has 166 valence electrons. The molecular weight excluding hydrogens is 446 g/mol. The number of hydrogen-bond donors (Lipinski definition) is 1. The van der Waals surface area contributed by atoms with Crippen molar-refractivity contribution in [1.82, 2.24) is 0 Å². The van der Waals surface area contributed by atoms with Gasteiger partial charge in [-0.25, -0.2) is 13.2 Å². The molecule has 0 atom stereocenters. The molecule has 0 saturated carbocycles. The largest absolute Gasteiger partial charge is 0.465 e. The number of rotatable bonds is 7. The van der Waals surface area contributed by atoms with Crippen LogP contribution in [0.5, 0.6) is 0 Å². The van der Waals surface area contributed by atoms with Crippen LogP contribution in [0.4, 0.5) is 16.4 Å². The average Bonchev–Trinajstić information content (AvgIpc) is 3.08.